The molecule has 0 saturated heterocycles. The molecule has 8 heteroatoms. The standard InChI is InChI=1S/C29H33NO6S/c1-4-29-16-13-20-17-21(35-18(2)31)7-10-23(20)24(29)14-15-28(3)25(29)11-12-26(28)36-27(32)19-5-8-22(9-6-19)37(30,33)34/h4-10,17,24-26H,1,11-16H2,2-3H3,(H2,30,33,34)/t24-,25-,26+,28+,29-/m1/s1. The van der Waals surface area contributed by atoms with Gasteiger partial charge in [-0.05, 0) is 103 Å². The summed E-state index contributed by atoms with van der Waals surface area (Å²) >= 11 is 0. The van der Waals surface area contributed by atoms with Gasteiger partial charge in [-0.25, -0.2) is 18.4 Å². The number of carbonyl (C=O) groups excluding carboxylic acids is 2. The molecule has 0 spiro atoms. The smallest absolute Gasteiger partial charge is 0.338 e. The minimum Gasteiger partial charge on any atom is -0.458 e. The summed E-state index contributed by atoms with van der Waals surface area (Å²) in [5.74, 6) is 0.451. The monoisotopic (exact) mass is 523 g/mol. The van der Waals surface area contributed by atoms with E-state index >= 15 is 0 Å². The molecule has 2 saturated carbocycles. The van der Waals surface area contributed by atoms with Crippen molar-refractivity contribution in [1.82, 2.24) is 0 Å². The summed E-state index contributed by atoms with van der Waals surface area (Å²) in [6.07, 6.45) is 7.35. The maximum absolute atomic E-state index is 13.0. The molecule has 2 N–H and O–H groups in total. The van der Waals surface area contributed by atoms with Crippen molar-refractivity contribution in [2.75, 3.05) is 0 Å². The van der Waals surface area contributed by atoms with E-state index in [0.29, 0.717) is 23.1 Å². The maximum Gasteiger partial charge on any atom is 0.338 e. The van der Waals surface area contributed by atoms with Crippen LogP contribution in [0.2, 0.25) is 0 Å². The van der Waals surface area contributed by atoms with Gasteiger partial charge in [0.05, 0.1) is 10.5 Å². The van der Waals surface area contributed by atoms with Crippen LogP contribution in [0.3, 0.4) is 0 Å². The Hall–Kier alpha value is -2.97. The minimum absolute atomic E-state index is 0.0410. The van der Waals surface area contributed by atoms with Gasteiger partial charge in [0.15, 0.2) is 0 Å². The molecule has 7 nitrogen and oxygen atoms in total. The molecule has 37 heavy (non-hydrogen) atoms. The van der Waals surface area contributed by atoms with E-state index < -0.39 is 16.0 Å². The average molecular weight is 524 g/mol. The van der Waals surface area contributed by atoms with Crippen LogP contribution in [0.5, 0.6) is 5.75 Å². The van der Waals surface area contributed by atoms with Crippen molar-refractivity contribution in [3.05, 3.63) is 71.8 Å². The van der Waals surface area contributed by atoms with Gasteiger partial charge in [-0.1, -0.05) is 19.1 Å². The van der Waals surface area contributed by atoms with Crippen molar-refractivity contribution in [3.63, 3.8) is 0 Å². The largest absolute Gasteiger partial charge is 0.458 e. The van der Waals surface area contributed by atoms with Gasteiger partial charge < -0.3 is 9.47 Å². The van der Waals surface area contributed by atoms with Crippen LogP contribution in [0.4, 0.5) is 0 Å². The van der Waals surface area contributed by atoms with Crippen molar-refractivity contribution >= 4 is 22.0 Å². The summed E-state index contributed by atoms with van der Waals surface area (Å²) in [6, 6.07) is 11.5. The zero-order chi connectivity index (χ0) is 26.6. The first kappa shape index (κ1) is 25.7. The number of ether oxygens (including phenoxy) is 2. The summed E-state index contributed by atoms with van der Waals surface area (Å²) < 4.78 is 34.5. The van der Waals surface area contributed by atoms with Crippen molar-refractivity contribution < 1.29 is 27.5 Å². The number of aryl methyl sites for hydroxylation is 1. The van der Waals surface area contributed by atoms with Gasteiger partial charge in [-0.3, -0.25) is 4.79 Å². The van der Waals surface area contributed by atoms with Crippen LogP contribution in [0, 0.1) is 16.7 Å². The minimum atomic E-state index is -3.83. The molecular weight excluding hydrogens is 490 g/mol. The lowest BCUT2D eigenvalue weighted by Gasteiger charge is -2.57. The number of carbonyl (C=O) groups is 2. The van der Waals surface area contributed by atoms with Gasteiger partial charge in [0, 0.05) is 12.3 Å². The number of hydrogen-bond acceptors (Lipinski definition) is 6. The number of fused-ring (bicyclic) bond motifs is 5. The Morgan fingerprint density at radius 2 is 1.81 bits per heavy atom. The lowest BCUT2D eigenvalue weighted by Crippen LogP contribution is -2.51. The van der Waals surface area contributed by atoms with Crippen molar-refractivity contribution in [2.24, 2.45) is 21.9 Å². The van der Waals surface area contributed by atoms with Crippen LogP contribution >= 0.6 is 0 Å². The van der Waals surface area contributed by atoms with Gasteiger partial charge in [0.1, 0.15) is 11.9 Å². The van der Waals surface area contributed by atoms with Crippen LogP contribution < -0.4 is 9.88 Å². The van der Waals surface area contributed by atoms with E-state index in [4.69, 9.17) is 14.6 Å². The number of allylic oxidation sites excluding steroid dienone is 1. The quantitative estimate of drug-likeness (QED) is 0.339. The van der Waals surface area contributed by atoms with E-state index in [2.05, 4.69) is 25.6 Å². The van der Waals surface area contributed by atoms with Gasteiger partial charge in [-0.2, -0.15) is 0 Å². The number of sulfonamides is 1. The summed E-state index contributed by atoms with van der Waals surface area (Å²) in [5.41, 5.74) is 2.56. The number of primary sulfonamides is 1. The molecule has 5 rings (SSSR count). The van der Waals surface area contributed by atoms with Gasteiger partial charge in [0.2, 0.25) is 10.0 Å². The van der Waals surface area contributed by atoms with E-state index in [-0.39, 0.29) is 27.8 Å². The molecule has 0 unspecified atom stereocenters. The molecule has 0 aliphatic heterocycles. The first-order valence-electron chi connectivity index (χ1n) is 12.8. The number of esters is 2. The Labute approximate surface area is 218 Å². The molecule has 2 aromatic rings. The average Bonchev–Trinajstić information content (AvgIpc) is 3.19. The molecular formula is C29H33NO6S. The summed E-state index contributed by atoms with van der Waals surface area (Å²) in [7, 11) is -3.83. The Morgan fingerprint density at radius 1 is 1.08 bits per heavy atom. The van der Waals surface area contributed by atoms with Gasteiger partial charge in [0.25, 0.3) is 0 Å². The second-order valence-electron chi connectivity index (χ2n) is 11.0. The molecule has 2 fully saturated rings. The molecule has 3 aliphatic rings. The topological polar surface area (TPSA) is 113 Å². The van der Waals surface area contributed by atoms with E-state index in [9.17, 15) is 18.0 Å². The number of nitrogens with two attached hydrogens (primary N) is 1. The fourth-order valence-electron chi connectivity index (χ4n) is 7.46. The molecule has 2 aromatic carbocycles. The normalized spacial score (nSPS) is 30.4. The zero-order valence-corrected chi connectivity index (χ0v) is 22.1. The molecule has 0 bridgehead atoms. The highest BCUT2D eigenvalue weighted by Crippen LogP contribution is 2.68. The third-order valence-corrected chi connectivity index (χ3v) is 10.1. The van der Waals surface area contributed by atoms with E-state index in [1.165, 1.54) is 42.3 Å². The van der Waals surface area contributed by atoms with Crippen LogP contribution in [0.1, 0.15) is 73.4 Å². The summed E-state index contributed by atoms with van der Waals surface area (Å²) in [5, 5.41) is 5.17. The van der Waals surface area contributed by atoms with E-state index in [1.54, 1.807) is 0 Å². The summed E-state index contributed by atoms with van der Waals surface area (Å²) in [4.78, 5) is 24.4. The second-order valence-corrected chi connectivity index (χ2v) is 12.5. The third kappa shape index (κ3) is 4.30. The van der Waals surface area contributed by atoms with Crippen LogP contribution in [0.25, 0.3) is 0 Å². The predicted octanol–water partition coefficient (Wildman–Crippen LogP) is 4.90. The second kappa shape index (κ2) is 9.10. The lowest BCUT2D eigenvalue weighted by atomic mass is 9.47. The highest BCUT2D eigenvalue weighted by atomic mass is 32.2. The zero-order valence-electron chi connectivity index (χ0n) is 21.2. The fourth-order valence-corrected chi connectivity index (χ4v) is 7.97. The molecule has 196 valence electrons. The van der Waals surface area contributed by atoms with E-state index in [0.717, 1.165) is 38.5 Å². The van der Waals surface area contributed by atoms with Crippen molar-refractivity contribution in [3.8, 4) is 5.75 Å². The number of benzene rings is 2. The van der Waals surface area contributed by atoms with Crippen LogP contribution in [-0.4, -0.2) is 26.5 Å². The Morgan fingerprint density at radius 3 is 2.46 bits per heavy atom. The number of hydrogen-bond donors (Lipinski definition) is 1. The Bertz CT molecular complexity index is 1370. The van der Waals surface area contributed by atoms with Gasteiger partial charge >= 0.3 is 11.9 Å². The molecule has 0 radical (unpaired) electrons. The van der Waals surface area contributed by atoms with E-state index in [1.807, 2.05) is 12.1 Å². The maximum atomic E-state index is 13.0. The SMILES string of the molecule is C=C[C@@]12CCc3cc(OC(C)=O)ccc3[C@H]1CC[C@]1(C)[C@@H](OC(=O)c3ccc(S(N)(=O)=O)cc3)CC[C@H]12. The lowest BCUT2D eigenvalue weighted by molar-refractivity contribution is -0.131. The Balaban J connectivity index is 1.38. The highest BCUT2D eigenvalue weighted by molar-refractivity contribution is 7.89. The molecule has 0 amide bonds. The molecule has 5 atom stereocenters. The third-order valence-electron chi connectivity index (χ3n) is 9.15. The van der Waals surface area contributed by atoms with Crippen LogP contribution in [-0.2, 0) is 26.0 Å². The van der Waals surface area contributed by atoms with Crippen LogP contribution in [0.15, 0.2) is 60.0 Å². The first-order valence-corrected chi connectivity index (χ1v) is 14.3. The van der Waals surface area contributed by atoms with Crippen molar-refractivity contribution in [1.29, 1.82) is 0 Å². The first-order chi connectivity index (χ1) is 17.5. The highest BCUT2D eigenvalue weighted by Gasteiger charge is 2.62. The fraction of sp³-hybridized carbons (Fsp3) is 0.448. The van der Waals surface area contributed by atoms with Gasteiger partial charge in [-0.15, -0.1) is 6.58 Å². The van der Waals surface area contributed by atoms with Crippen molar-refractivity contribution in [2.45, 2.75) is 69.3 Å². The molecule has 0 heterocycles. The molecule has 0 aromatic heterocycles. The number of rotatable bonds is 5. The predicted molar refractivity (Wildman–Crippen MR) is 139 cm³/mol. The summed E-state index contributed by atoms with van der Waals surface area (Å²) in [6.45, 7) is 7.96. The molecule has 3 aliphatic carbocycles. The Kier molecular flexibility index (Phi) is 6.31.